The summed E-state index contributed by atoms with van der Waals surface area (Å²) in [6, 6.07) is 3.57. The normalized spacial score (nSPS) is 10.8. The van der Waals surface area contributed by atoms with Crippen LogP contribution in [0.4, 0.5) is 4.39 Å². The van der Waals surface area contributed by atoms with Gasteiger partial charge in [0, 0.05) is 11.6 Å². The first kappa shape index (κ1) is 7.68. The number of aryl methyl sites for hydroxylation is 1. The molecule has 0 atom stereocenters. The minimum Gasteiger partial charge on any atom is -0.205 e. The quantitative estimate of drug-likeness (QED) is 0.659. The van der Waals surface area contributed by atoms with Gasteiger partial charge in [0.05, 0.1) is 4.70 Å². The van der Waals surface area contributed by atoms with Crippen LogP contribution in [-0.4, -0.2) is 4.37 Å². The molecule has 0 unspecified atom stereocenters. The number of halogens is 1. The van der Waals surface area contributed by atoms with Crippen molar-refractivity contribution in [1.82, 2.24) is 4.37 Å². The van der Waals surface area contributed by atoms with Crippen LogP contribution in [0.15, 0.2) is 18.3 Å². The van der Waals surface area contributed by atoms with Gasteiger partial charge in [0.2, 0.25) is 0 Å². The summed E-state index contributed by atoms with van der Waals surface area (Å²) in [7, 11) is 0. The molecule has 0 aliphatic carbocycles. The van der Waals surface area contributed by atoms with Gasteiger partial charge in [-0.05, 0) is 35.6 Å². The first-order valence-electron chi connectivity index (χ1n) is 3.84. The third-order valence-electron chi connectivity index (χ3n) is 1.88. The Morgan fingerprint density at radius 3 is 3.08 bits per heavy atom. The average Bonchev–Trinajstić information content (AvgIpc) is 2.52. The van der Waals surface area contributed by atoms with Crippen molar-refractivity contribution in [2.75, 3.05) is 0 Å². The van der Waals surface area contributed by atoms with Crippen LogP contribution >= 0.6 is 11.5 Å². The number of benzene rings is 1. The highest BCUT2D eigenvalue weighted by Gasteiger charge is 2.04. The molecule has 1 heterocycles. The number of rotatable bonds is 1. The van der Waals surface area contributed by atoms with E-state index in [9.17, 15) is 4.39 Å². The second-order valence-electron chi connectivity index (χ2n) is 2.68. The van der Waals surface area contributed by atoms with Crippen molar-refractivity contribution in [2.24, 2.45) is 0 Å². The Labute approximate surface area is 74.0 Å². The number of hydrogen-bond donors (Lipinski definition) is 0. The molecule has 2 rings (SSSR count). The molecule has 12 heavy (non-hydrogen) atoms. The van der Waals surface area contributed by atoms with Gasteiger partial charge in [0.25, 0.3) is 0 Å². The summed E-state index contributed by atoms with van der Waals surface area (Å²) in [4.78, 5) is 0. The van der Waals surface area contributed by atoms with Crippen molar-refractivity contribution in [1.29, 1.82) is 0 Å². The summed E-state index contributed by atoms with van der Waals surface area (Å²) in [5, 5.41) is 0.914. The van der Waals surface area contributed by atoms with Gasteiger partial charge in [-0.15, -0.1) is 0 Å². The number of nitrogens with zero attached hydrogens (tertiary/aromatic N) is 1. The molecule has 0 bridgehead atoms. The summed E-state index contributed by atoms with van der Waals surface area (Å²) in [5.74, 6) is -0.146. The average molecular weight is 181 g/mol. The molecule has 0 aliphatic rings. The molecule has 1 nitrogen and oxygen atoms in total. The molecule has 0 saturated carbocycles. The maximum Gasteiger partial charge on any atom is 0.142 e. The van der Waals surface area contributed by atoms with Crippen molar-refractivity contribution >= 4 is 21.6 Å². The van der Waals surface area contributed by atoms with Gasteiger partial charge in [-0.2, -0.15) is 4.37 Å². The molecule has 0 aliphatic heterocycles. The van der Waals surface area contributed by atoms with E-state index in [1.54, 1.807) is 12.3 Å². The van der Waals surface area contributed by atoms with Crippen molar-refractivity contribution in [3.8, 4) is 0 Å². The fourth-order valence-electron chi connectivity index (χ4n) is 1.21. The van der Waals surface area contributed by atoms with Crippen LogP contribution in [0.3, 0.4) is 0 Å². The van der Waals surface area contributed by atoms with Gasteiger partial charge in [-0.25, -0.2) is 4.39 Å². The SMILES string of the molecule is CCc1cc(F)c2sncc2c1. The predicted octanol–water partition coefficient (Wildman–Crippen LogP) is 3.00. The molecule has 0 radical (unpaired) electrons. The summed E-state index contributed by atoms with van der Waals surface area (Å²) in [5.41, 5.74) is 1.03. The minimum atomic E-state index is -0.146. The molecule has 1 aromatic heterocycles. The van der Waals surface area contributed by atoms with Gasteiger partial charge < -0.3 is 0 Å². The second-order valence-corrected chi connectivity index (χ2v) is 3.48. The lowest BCUT2D eigenvalue weighted by atomic mass is 10.1. The van der Waals surface area contributed by atoms with E-state index in [4.69, 9.17) is 0 Å². The van der Waals surface area contributed by atoms with Crippen LogP contribution in [-0.2, 0) is 6.42 Å². The maximum atomic E-state index is 13.2. The highest BCUT2D eigenvalue weighted by atomic mass is 32.1. The van der Waals surface area contributed by atoms with Gasteiger partial charge in [-0.3, -0.25) is 0 Å². The zero-order chi connectivity index (χ0) is 8.55. The summed E-state index contributed by atoms with van der Waals surface area (Å²) >= 11 is 1.21. The van der Waals surface area contributed by atoms with E-state index in [-0.39, 0.29) is 5.82 Å². The molecule has 0 fully saturated rings. The standard InChI is InChI=1S/C9H8FNS/c1-2-6-3-7-5-11-12-9(7)8(10)4-6/h3-5H,2H2,1H3. The monoisotopic (exact) mass is 181 g/mol. The van der Waals surface area contributed by atoms with Crippen molar-refractivity contribution < 1.29 is 4.39 Å². The molecule has 62 valence electrons. The lowest BCUT2D eigenvalue weighted by molar-refractivity contribution is 0.640. The Balaban J connectivity index is 2.75. The molecular weight excluding hydrogens is 173 g/mol. The molecule has 0 spiro atoms. The third-order valence-corrected chi connectivity index (χ3v) is 2.70. The topological polar surface area (TPSA) is 12.9 Å². The van der Waals surface area contributed by atoms with Crippen molar-refractivity contribution in [3.63, 3.8) is 0 Å². The smallest absolute Gasteiger partial charge is 0.142 e. The Bertz CT molecular complexity index is 408. The Kier molecular flexibility index (Phi) is 1.81. The van der Waals surface area contributed by atoms with E-state index >= 15 is 0 Å². The number of hydrogen-bond acceptors (Lipinski definition) is 2. The van der Waals surface area contributed by atoms with E-state index in [0.717, 1.165) is 17.4 Å². The minimum absolute atomic E-state index is 0.146. The third kappa shape index (κ3) is 1.10. The summed E-state index contributed by atoms with van der Waals surface area (Å²) in [6.07, 6.45) is 2.57. The molecular formula is C9H8FNS. The van der Waals surface area contributed by atoms with Crippen LogP contribution in [0, 0.1) is 5.82 Å². The Hall–Kier alpha value is -0.960. The number of aromatic nitrogens is 1. The summed E-state index contributed by atoms with van der Waals surface area (Å²) in [6.45, 7) is 2.01. The first-order valence-corrected chi connectivity index (χ1v) is 4.61. The van der Waals surface area contributed by atoms with Gasteiger partial charge >= 0.3 is 0 Å². The highest BCUT2D eigenvalue weighted by molar-refractivity contribution is 7.13. The largest absolute Gasteiger partial charge is 0.205 e. The molecule has 2 aromatic rings. The van der Waals surface area contributed by atoms with E-state index < -0.39 is 0 Å². The van der Waals surface area contributed by atoms with E-state index in [1.807, 2.05) is 13.0 Å². The molecule has 1 aromatic carbocycles. The molecule has 0 N–H and O–H groups in total. The highest BCUT2D eigenvalue weighted by Crippen LogP contribution is 2.23. The van der Waals surface area contributed by atoms with Crippen LogP contribution < -0.4 is 0 Å². The maximum absolute atomic E-state index is 13.2. The Morgan fingerprint density at radius 2 is 2.33 bits per heavy atom. The molecule has 0 saturated heterocycles. The van der Waals surface area contributed by atoms with Crippen molar-refractivity contribution in [3.05, 3.63) is 29.7 Å². The van der Waals surface area contributed by atoms with Crippen molar-refractivity contribution in [2.45, 2.75) is 13.3 Å². The van der Waals surface area contributed by atoms with Crippen LogP contribution in [0.5, 0.6) is 0 Å². The van der Waals surface area contributed by atoms with E-state index in [2.05, 4.69) is 4.37 Å². The Morgan fingerprint density at radius 1 is 1.50 bits per heavy atom. The van der Waals surface area contributed by atoms with E-state index in [1.165, 1.54) is 11.5 Å². The molecule has 0 amide bonds. The van der Waals surface area contributed by atoms with Crippen LogP contribution in [0.25, 0.3) is 10.1 Å². The fourth-order valence-corrected chi connectivity index (χ4v) is 1.84. The van der Waals surface area contributed by atoms with E-state index in [0.29, 0.717) is 4.70 Å². The molecule has 3 heteroatoms. The van der Waals surface area contributed by atoms with Crippen LogP contribution in [0.1, 0.15) is 12.5 Å². The zero-order valence-electron chi connectivity index (χ0n) is 6.67. The van der Waals surface area contributed by atoms with Gasteiger partial charge in [0.1, 0.15) is 5.82 Å². The lowest BCUT2D eigenvalue weighted by Crippen LogP contribution is -1.82. The van der Waals surface area contributed by atoms with Gasteiger partial charge in [-0.1, -0.05) is 6.92 Å². The zero-order valence-corrected chi connectivity index (χ0v) is 7.49. The lowest BCUT2D eigenvalue weighted by Gasteiger charge is -1.96. The fraction of sp³-hybridized carbons (Fsp3) is 0.222. The number of fused-ring (bicyclic) bond motifs is 1. The van der Waals surface area contributed by atoms with Gasteiger partial charge in [0.15, 0.2) is 0 Å². The first-order chi connectivity index (χ1) is 5.81. The predicted molar refractivity (Wildman–Crippen MR) is 49.0 cm³/mol. The second kappa shape index (κ2) is 2.83. The van der Waals surface area contributed by atoms with Crippen LogP contribution in [0.2, 0.25) is 0 Å². The summed E-state index contributed by atoms with van der Waals surface area (Å²) < 4.78 is 17.8.